The molecule has 0 fully saturated rings. The van der Waals surface area contributed by atoms with Gasteiger partial charge in [0.1, 0.15) is 6.04 Å². The molecule has 0 aromatic heterocycles. The lowest BCUT2D eigenvalue weighted by Gasteiger charge is -2.27. The van der Waals surface area contributed by atoms with Crippen LogP contribution in [0, 0.1) is 5.92 Å². The number of hydrogen-bond acceptors (Lipinski definition) is 3. The van der Waals surface area contributed by atoms with Crippen molar-refractivity contribution in [2.45, 2.75) is 32.6 Å². The van der Waals surface area contributed by atoms with Gasteiger partial charge in [-0.15, -0.1) is 0 Å². The Morgan fingerprint density at radius 2 is 1.56 bits per heavy atom. The van der Waals surface area contributed by atoms with Gasteiger partial charge in [0.2, 0.25) is 0 Å². The van der Waals surface area contributed by atoms with Crippen molar-refractivity contribution < 1.29 is 32.7 Å². The molecule has 6 nitrogen and oxygen atoms in total. The Kier molecular flexibility index (Phi) is 6.58. The topological polar surface area (TPSA) is 86.7 Å². The van der Waals surface area contributed by atoms with Crippen molar-refractivity contribution in [3.8, 4) is 11.1 Å². The van der Waals surface area contributed by atoms with Crippen LogP contribution < -0.4 is 5.32 Å². The number of carbonyl (C=O) groups is 3. The van der Waals surface area contributed by atoms with E-state index in [9.17, 15) is 32.7 Å². The van der Waals surface area contributed by atoms with Gasteiger partial charge in [-0.25, -0.2) is 4.79 Å². The minimum Gasteiger partial charge on any atom is -0.480 e. The Morgan fingerprint density at radius 3 is 2.11 bits per heavy atom. The average Bonchev–Trinajstić information content (AvgIpc) is 3.13. The maximum Gasteiger partial charge on any atom is 0.416 e. The molecule has 0 bridgehead atoms. The predicted octanol–water partition coefficient (Wildman–Crippen LogP) is 5.69. The number of aliphatic carboxylic acids is 1. The van der Waals surface area contributed by atoms with Crippen LogP contribution in [-0.2, 0) is 17.5 Å². The Morgan fingerprint density at radius 1 is 0.944 bits per heavy atom. The average molecular weight is 496 g/mol. The summed E-state index contributed by atoms with van der Waals surface area (Å²) in [5.74, 6) is -2.13. The zero-order chi connectivity index (χ0) is 26.2. The summed E-state index contributed by atoms with van der Waals surface area (Å²) in [5.41, 5.74) is 2.59. The molecule has 2 N–H and O–H groups in total. The number of benzene rings is 3. The molecule has 1 aliphatic heterocycles. The summed E-state index contributed by atoms with van der Waals surface area (Å²) >= 11 is 0. The lowest BCUT2D eigenvalue weighted by Crippen LogP contribution is -2.44. The molecule has 3 aromatic carbocycles. The van der Waals surface area contributed by atoms with Gasteiger partial charge in [-0.05, 0) is 71.1 Å². The minimum atomic E-state index is -4.47. The molecule has 1 heterocycles. The Bertz CT molecular complexity index is 1320. The molecule has 0 aliphatic carbocycles. The van der Waals surface area contributed by atoms with Crippen molar-refractivity contribution in [3.63, 3.8) is 0 Å². The smallest absolute Gasteiger partial charge is 0.416 e. The van der Waals surface area contributed by atoms with Crippen molar-refractivity contribution in [1.29, 1.82) is 0 Å². The number of rotatable bonds is 6. The normalized spacial score (nSPS) is 14.1. The van der Waals surface area contributed by atoms with Crippen molar-refractivity contribution >= 4 is 23.5 Å². The summed E-state index contributed by atoms with van der Waals surface area (Å²) in [6.07, 6.45) is -4.47. The van der Waals surface area contributed by atoms with Crippen LogP contribution in [0.4, 0.5) is 18.9 Å². The second-order valence-corrected chi connectivity index (χ2v) is 8.94. The Hall–Kier alpha value is -4.14. The summed E-state index contributed by atoms with van der Waals surface area (Å²) in [6.45, 7) is 3.73. The molecule has 36 heavy (non-hydrogen) atoms. The molecule has 0 saturated heterocycles. The van der Waals surface area contributed by atoms with Crippen LogP contribution in [0.3, 0.4) is 0 Å². The molecule has 4 rings (SSSR count). The fourth-order valence-corrected chi connectivity index (χ4v) is 4.29. The molecule has 9 heteroatoms. The summed E-state index contributed by atoms with van der Waals surface area (Å²) in [5, 5.41) is 12.2. The van der Waals surface area contributed by atoms with Crippen molar-refractivity contribution in [2.75, 3.05) is 5.32 Å². The molecular weight excluding hydrogens is 473 g/mol. The summed E-state index contributed by atoms with van der Waals surface area (Å²) in [6, 6.07) is 15.2. The van der Waals surface area contributed by atoms with E-state index < -0.39 is 29.7 Å². The SMILES string of the molecule is CC(C)C(C(=O)O)N1Cc2cc(-c3ccc(NC(=O)c4ccc(C(F)(F)F)cc4)cc3)ccc2C1=O. The maximum absolute atomic E-state index is 12.8. The van der Waals surface area contributed by atoms with Gasteiger partial charge in [0.15, 0.2) is 0 Å². The highest BCUT2D eigenvalue weighted by molar-refractivity contribution is 6.04. The second-order valence-electron chi connectivity index (χ2n) is 8.94. The van der Waals surface area contributed by atoms with E-state index in [1.165, 1.54) is 4.90 Å². The van der Waals surface area contributed by atoms with E-state index in [0.29, 0.717) is 11.3 Å². The second kappa shape index (κ2) is 9.49. The standard InChI is InChI=1S/C27H23F3N2O4/c1-15(2)23(26(35)36)32-14-19-13-18(7-12-22(19)25(32)34)16-5-10-21(11-6-16)31-24(33)17-3-8-20(9-4-17)27(28,29)30/h3-13,15,23H,14H2,1-2H3,(H,31,33)(H,35,36). The Labute approximate surface area is 205 Å². The summed E-state index contributed by atoms with van der Waals surface area (Å²) < 4.78 is 38.1. The molecule has 1 unspecified atom stereocenters. The number of carboxylic acid groups (broad SMARTS) is 1. The van der Waals surface area contributed by atoms with Gasteiger partial charge >= 0.3 is 12.1 Å². The van der Waals surface area contributed by atoms with Crippen LogP contribution in [0.5, 0.6) is 0 Å². The van der Waals surface area contributed by atoms with Crippen LogP contribution >= 0.6 is 0 Å². The fraction of sp³-hybridized carbons (Fsp3) is 0.222. The largest absolute Gasteiger partial charge is 0.480 e. The van der Waals surface area contributed by atoms with Crippen LogP contribution in [0.2, 0.25) is 0 Å². The lowest BCUT2D eigenvalue weighted by atomic mass is 10.0. The first kappa shape index (κ1) is 25.0. The van der Waals surface area contributed by atoms with Crippen LogP contribution in [0.25, 0.3) is 11.1 Å². The predicted molar refractivity (Wildman–Crippen MR) is 127 cm³/mol. The molecule has 0 radical (unpaired) electrons. The number of halogens is 3. The third-order valence-electron chi connectivity index (χ3n) is 6.11. The number of hydrogen-bond donors (Lipinski definition) is 2. The number of fused-ring (bicyclic) bond motifs is 1. The number of carbonyl (C=O) groups excluding carboxylic acids is 2. The summed E-state index contributed by atoms with van der Waals surface area (Å²) in [4.78, 5) is 38.3. The molecular formula is C27H23F3N2O4. The number of amides is 2. The Balaban J connectivity index is 1.48. The van der Waals surface area contributed by atoms with Gasteiger partial charge in [0, 0.05) is 23.4 Å². The van der Waals surface area contributed by atoms with Crippen LogP contribution in [0.1, 0.15) is 45.7 Å². The number of nitrogens with one attached hydrogen (secondary N) is 1. The monoisotopic (exact) mass is 496 g/mol. The third-order valence-corrected chi connectivity index (χ3v) is 6.11. The first-order valence-electron chi connectivity index (χ1n) is 11.2. The molecule has 1 aliphatic rings. The van der Waals surface area contributed by atoms with Gasteiger partial charge in [-0.2, -0.15) is 13.2 Å². The van der Waals surface area contributed by atoms with E-state index in [1.54, 1.807) is 50.2 Å². The van der Waals surface area contributed by atoms with Crippen LogP contribution in [0.15, 0.2) is 66.7 Å². The lowest BCUT2D eigenvalue weighted by molar-refractivity contribution is -0.144. The van der Waals surface area contributed by atoms with E-state index in [2.05, 4.69) is 5.32 Å². The van der Waals surface area contributed by atoms with Gasteiger partial charge in [0.25, 0.3) is 11.8 Å². The van der Waals surface area contributed by atoms with Crippen molar-refractivity contribution in [1.82, 2.24) is 4.90 Å². The van der Waals surface area contributed by atoms with E-state index in [0.717, 1.165) is 41.0 Å². The van der Waals surface area contributed by atoms with Crippen molar-refractivity contribution in [2.24, 2.45) is 5.92 Å². The van der Waals surface area contributed by atoms with Crippen LogP contribution in [-0.4, -0.2) is 33.8 Å². The number of alkyl halides is 3. The van der Waals surface area contributed by atoms with Crippen molar-refractivity contribution in [3.05, 3.63) is 89.0 Å². The van der Waals surface area contributed by atoms with Gasteiger partial charge in [0.05, 0.1) is 5.56 Å². The highest BCUT2D eigenvalue weighted by Crippen LogP contribution is 2.32. The fourth-order valence-electron chi connectivity index (χ4n) is 4.29. The molecule has 186 valence electrons. The van der Waals surface area contributed by atoms with E-state index in [1.807, 2.05) is 6.07 Å². The van der Waals surface area contributed by atoms with Gasteiger partial charge < -0.3 is 15.3 Å². The summed E-state index contributed by atoms with van der Waals surface area (Å²) in [7, 11) is 0. The van der Waals surface area contributed by atoms with Gasteiger partial charge in [-0.1, -0.05) is 32.0 Å². The highest BCUT2D eigenvalue weighted by Gasteiger charge is 2.38. The minimum absolute atomic E-state index is 0.0981. The molecule has 1 atom stereocenters. The number of carboxylic acids is 1. The highest BCUT2D eigenvalue weighted by atomic mass is 19.4. The molecule has 3 aromatic rings. The zero-order valence-electron chi connectivity index (χ0n) is 19.5. The molecule has 0 saturated carbocycles. The molecule has 0 spiro atoms. The number of anilines is 1. The number of nitrogens with zero attached hydrogens (tertiary/aromatic N) is 1. The quantitative estimate of drug-likeness (QED) is 0.459. The molecule has 2 amide bonds. The van der Waals surface area contributed by atoms with E-state index in [-0.39, 0.29) is 23.9 Å². The first-order valence-corrected chi connectivity index (χ1v) is 11.2. The third kappa shape index (κ3) is 4.95. The van der Waals surface area contributed by atoms with E-state index in [4.69, 9.17) is 0 Å². The first-order chi connectivity index (χ1) is 17.0. The zero-order valence-corrected chi connectivity index (χ0v) is 19.5. The maximum atomic E-state index is 12.8. The van der Waals surface area contributed by atoms with E-state index >= 15 is 0 Å². The van der Waals surface area contributed by atoms with Gasteiger partial charge in [-0.3, -0.25) is 9.59 Å².